The maximum atomic E-state index is 13.0. The van der Waals surface area contributed by atoms with Crippen molar-refractivity contribution in [3.63, 3.8) is 0 Å². The van der Waals surface area contributed by atoms with Crippen LogP contribution in [0.4, 0.5) is 0 Å². The molecule has 11 nitrogen and oxygen atoms in total. The molecule has 0 aliphatic carbocycles. The minimum absolute atomic E-state index is 0.0127. The molecule has 7 unspecified atom stereocenters. The van der Waals surface area contributed by atoms with Crippen LogP contribution >= 0.6 is 0 Å². The number of carbonyl (C=O) groups is 2. The van der Waals surface area contributed by atoms with E-state index in [0.717, 1.165) is 83.5 Å². The Labute approximate surface area is 484 Å². The maximum absolute atomic E-state index is 13.0. The second-order valence-corrected chi connectivity index (χ2v) is 22.8. The van der Waals surface area contributed by atoms with Gasteiger partial charge < -0.3 is 45.1 Å². The fourth-order valence-corrected chi connectivity index (χ4v) is 10.1. The van der Waals surface area contributed by atoms with E-state index in [2.05, 4.69) is 67.8 Å². The Morgan fingerprint density at radius 2 is 0.873 bits per heavy atom. The predicted octanol–water partition coefficient (Wildman–Crippen LogP) is 16.2. The van der Waals surface area contributed by atoms with Gasteiger partial charge in [0.1, 0.15) is 24.4 Å². The summed E-state index contributed by atoms with van der Waals surface area (Å²) in [5.74, 6) is -0.198. The largest absolute Gasteiger partial charge is 0.466 e. The van der Waals surface area contributed by atoms with Crippen LogP contribution in [-0.4, -0.2) is 100 Å². The zero-order valence-electron chi connectivity index (χ0n) is 50.8. The fourth-order valence-electron chi connectivity index (χ4n) is 10.1. The average molecular weight is 1110 g/mol. The van der Waals surface area contributed by atoms with Crippen LogP contribution < -0.4 is 5.32 Å². The number of allylic oxidation sites excluding steroid dienone is 9. The number of rotatable bonds is 57. The monoisotopic (exact) mass is 1110 g/mol. The lowest BCUT2D eigenvalue weighted by atomic mass is 9.99. The summed E-state index contributed by atoms with van der Waals surface area (Å²) in [6, 6.07) is -0.810. The number of hydrogen-bond donors (Lipinski definition) is 6. The van der Waals surface area contributed by atoms with Crippen LogP contribution in [0.15, 0.2) is 60.8 Å². The van der Waals surface area contributed by atoms with Crippen LogP contribution in [0.1, 0.15) is 296 Å². The number of hydrogen-bond acceptors (Lipinski definition) is 10. The topological polar surface area (TPSA) is 175 Å². The normalized spacial score (nSPS) is 18.8. The van der Waals surface area contributed by atoms with E-state index < -0.39 is 49.5 Å². The summed E-state index contributed by atoms with van der Waals surface area (Å²) in [4.78, 5) is 25.0. The van der Waals surface area contributed by atoms with Gasteiger partial charge in [-0.3, -0.25) is 9.59 Å². The lowest BCUT2D eigenvalue weighted by Gasteiger charge is -2.40. The van der Waals surface area contributed by atoms with Crippen molar-refractivity contribution in [2.45, 2.75) is 339 Å². The van der Waals surface area contributed by atoms with Gasteiger partial charge in [-0.25, -0.2) is 0 Å². The van der Waals surface area contributed by atoms with E-state index in [9.17, 15) is 35.1 Å². The Kier molecular flexibility index (Phi) is 53.8. The van der Waals surface area contributed by atoms with Gasteiger partial charge in [-0.15, -0.1) is 0 Å². The highest BCUT2D eigenvalue weighted by Gasteiger charge is 2.44. The number of carbonyl (C=O) groups excluding carboxylic acids is 2. The van der Waals surface area contributed by atoms with Crippen molar-refractivity contribution < 1.29 is 49.3 Å². The van der Waals surface area contributed by atoms with Gasteiger partial charge in [-0.2, -0.15) is 0 Å². The number of unbranched alkanes of at least 4 members (excludes halogenated alkanes) is 35. The smallest absolute Gasteiger partial charge is 0.305 e. The van der Waals surface area contributed by atoms with Crippen LogP contribution in [0, 0.1) is 0 Å². The van der Waals surface area contributed by atoms with Gasteiger partial charge in [0.2, 0.25) is 5.91 Å². The number of aliphatic hydroxyl groups is 5. The number of ether oxygens (including phenoxy) is 3. The molecule has 11 heteroatoms. The van der Waals surface area contributed by atoms with Gasteiger partial charge in [0.15, 0.2) is 6.29 Å². The molecule has 0 aromatic carbocycles. The number of amides is 1. The summed E-state index contributed by atoms with van der Waals surface area (Å²) >= 11 is 0. The van der Waals surface area contributed by atoms with Crippen LogP contribution in [0.25, 0.3) is 0 Å². The van der Waals surface area contributed by atoms with E-state index in [0.29, 0.717) is 19.4 Å². The first kappa shape index (κ1) is 74.4. The molecule has 6 N–H and O–H groups in total. The molecular weight excluding hydrogens is 991 g/mol. The van der Waals surface area contributed by atoms with E-state index in [-0.39, 0.29) is 18.5 Å². The van der Waals surface area contributed by atoms with E-state index in [1.807, 2.05) is 6.08 Å². The molecule has 1 fully saturated rings. The van der Waals surface area contributed by atoms with Gasteiger partial charge in [0, 0.05) is 12.8 Å². The molecule has 1 aliphatic rings. The van der Waals surface area contributed by atoms with Crippen LogP contribution in [-0.2, 0) is 23.8 Å². The van der Waals surface area contributed by atoms with Crippen molar-refractivity contribution in [2.24, 2.45) is 0 Å². The quantitative estimate of drug-likeness (QED) is 0.0195. The van der Waals surface area contributed by atoms with Gasteiger partial charge in [-0.05, 0) is 89.9 Å². The standard InChI is InChI=1S/C68H123NO10/c1-3-5-7-9-11-13-14-32-36-40-44-48-52-56-64(73)77-57-53-49-45-41-37-34-31-29-27-25-23-21-19-17-15-16-18-20-22-24-26-28-30-33-35-39-43-47-51-55-63(72)69-60(61(71)54-50-46-42-38-12-10-8-6-4-2)59-78-68-67(76)66(75)65(74)62(58-70)79-68/h7,9,13-15,17,21,23,50,54,60-62,65-68,70-71,74-76H,3-6,8,10-12,16,18-20,22,24-49,51-53,55-59H2,1-2H3,(H,69,72)/b9-7-,14-13-,17-15-,23-21-,54-50+. The molecule has 0 radical (unpaired) electrons. The Morgan fingerprint density at radius 3 is 1.33 bits per heavy atom. The second kappa shape index (κ2) is 57.2. The molecule has 1 aliphatic heterocycles. The van der Waals surface area contributed by atoms with Crippen molar-refractivity contribution in [2.75, 3.05) is 19.8 Å². The van der Waals surface area contributed by atoms with E-state index in [1.54, 1.807) is 6.08 Å². The van der Waals surface area contributed by atoms with Crippen LogP contribution in [0.5, 0.6) is 0 Å². The molecule has 0 saturated carbocycles. The molecule has 0 aromatic heterocycles. The third-order valence-corrected chi connectivity index (χ3v) is 15.3. The van der Waals surface area contributed by atoms with Gasteiger partial charge in [-0.1, -0.05) is 254 Å². The Bertz CT molecular complexity index is 1500. The molecule has 0 bridgehead atoms. The van der Waals surface area contributed by atoms with Gasteiger partial charge >= 0.3 is 5.97 Å². The lowest BCUT2D eigenvalue weighted by Crippen LogP contribution is -2.60. The first-order chi connectivity index (χ1) is 38.7. The molecule has 460 valence electrons. The molecule has 1 rings (SSSR count). The van der Waals surface area contributed by atoms with Crippen LogP contribution in [0.3, 0.4) is 0 Å². The number of aliphatic hydroxyl groups excluding tert-OH is 5. The zero-order chi connectivity index (χ0) is 57.3. The van der Waals surface area contributed by atoms with Crippen molar-refractivity contribution in [1.29, 1.82) is 0 Å². The SMILES string of the molecule is CCC/C=C\C/C=C\CCCCCCCC(=O)OCCCCCCCCCCC/C=C\C/C=C\CCCCCCCCCCCCCCCC(=O)NC(COC1OC(CO)C(O)C(O)C1O)C(O)/C=C/CCCCCCCCC. The fraction of sp³-hybridized carbons (Fsp3) is 0.824. The second-order valence-electron chi connectivity index (χ2n) is 22.8. The molecule has 7 atom stereocenters. The summed E-state index contributed by atoms with van der Waals surface area (Å²) in [5.41, 5.74) is 0. The van der Waals surface area contributed by atoms with Crippen molar-refractivity contribution in [3.8, 4) is 0 Å². The Hall–Kier alpha value is -2.64. The van der Waals surface area contributed by atoms with Crippen molar-refractivity contribution >= 4 is 11.9 Å². The lowest BCUT2D eigenvalue weighted by molar-refractivity contribution is -0.302. The highest BCUT2D eigenvalue weighted by molar-refractivity contribution is 5.76. The van der Waals surface area contributed by atoms with E-state index in [4.69, 9.17) is 14.2 Å². The van der Waals surface area contributed by atoms with Crippen LogP contribution in [0.2, 0.25) is 0 Å². The first-order valence-electron chi connectivity index (χ1n) is 33.1. The highest BCUT2D eigenvalue weighted by Crippen LogP contribution is 2.23. The maximum Gasteiger partial charge on any atom is 0.305 e. The van der Waals surface area contributed by atoms with E-state index >= 15 is 0 Å². The van der Waals surface area contributed by atoms with Gasteiger partial charge in [0.25, 0.3) is 0 Å². The predicted molar refractivity (Wildman–Crippen MR) is 329 cm³/mol. The molecular formula is C68H123NO10. The molecule has 1 amide bonds. The third-order valence-electron chi connectivity index (χ3n) is 15.3. The Balaban J connectivity index is 1.96. The number of nitrogens with one attached hydrogen (secondary N) is 1. The Morgan fingerprint density at radius 1 is 0.468 bits per heavy atom. The molecule has 1 saturated heterocycles. The van der Waals surface area contributed by atoms with Gasteiger partial charge in [0.05, 0.1) is 32.0 Å². The highest BCUT2D eigenvalue weighted by atomic mass is 16.7. The van der Waals surface area contributed by atoms with Crippen molar-refractivity contribution in [1.82, 2.24) is 5.32 Å². The van der Waals surface area contributed by atoms with Crippen molar-refractivity contribution in [3.05, 3.63) is 60.8 Å². The van der Waals surface area contributed by atoms with E-state index in [1.165, 1.54) is 186 Å². The summed E-state index contributed by atoms with van der Waals surface area (Å²) in [7, 11) is 0. The molecule has 1 heterocycles. The molecule has 0 aromatic rings. The molecule has 0 spiro atoms. The average Bonchev–Trinajstić information content (AvgIpc) is 3.45. The summed E-state index contributed by atoms with van der Waals surface area (Å²) < 4.78 is 16.7. The third kappa shape index (κ3) is 46.5. The molecule has 79 heavy (non-hydrogen) atoms. The summed E-state index contributed by atoms with van der Waals surface area (Å²) in [6.07, 6.45) is 65.0. The minimum Gasteiger partial charge on any atom is -0.466 e. The zero-order valence-corrected chi connectivity index (χ0v) is 50.8. The summed E-state index contributed by atoms with van der Waals surface area (Å²) in [5, 5.41) is 54.3. The summed E-state index contributed by atoms with van der Waals surface area (Å²) in [6.45, 7) is 4.25. The number of esters is 1. The first-order valence-corrected chi connectivity index (χ1v) is 33.1. The minimum atomic E-state index is -1.57.